The molecular weight excluding hydrogens is 595 g/mol. The highest BCUT2D eigenvalue weighted by Crippen LogP contribution is 2.51. The Kier molecular flexibility index (Phi) is 5.95. The van der Waals surface area contributed by atoms with E-state index < -0.39 is 0 Å². The predicted molar refractivity (Wildman–Crippen MR) is 206 cm³/mol. The summed E-state index contributed by atoms with van der Waals surface area (Å²) >= 11 is 0. The average molecular weight is 628 g/mol. The minimum Gasteiger partial charge on any atom is -0.456 e. The topological polar surface area (TPSA) is 16.4 Å². The van der Waals surface area contributed by atoms with Gasteiger partial charge in [-0.25, -0.2) is 0 Å². The second-order valence-electron chi connectivity index (χ2n) is 13.8. The van der Waals surface area contributed by atoms with Crippen molar-refractivity contribution in [1.29, 1.82) is 0 Å². The predicted octanol–water partition coefficient (Wildman–Crippen LogP) is 13.3. The number of para-hydroxylation sites is 2. The standard InChI is InChI=1S/C47H33NO/c1-47(2)41-16-8-5-14-37(41)40-29-35(24-25-42(40)47)48(43-17-9-6-13-36(43)33-20-19-30-11-3-4-12-32(30)27-33)34-23-21-31-22-26-45-46(39(31)28-34)38-15-7-10-18-44(38)49-45/h3-29H,1-2H3. The molecule has 0 saturated heterocycles. The quantitative estimate of drug-likeness (QED) is 0.193. The Morgan fingerprint density at radius 2 is 1.12 bits per heavy atom. The summed E-state index contributed by atoms with van der Waals surface area (Å²) in [6, 6.07) is 59.6. The summed E-state index contributed by atoms with van der Waals surface area (Å²) in [6.45, 7) is 4.68. The Labute approximate surface area is 285 Å². The molecule has 0 atom stereocenters. The summed E-state index contributed by atoms with van der Waals surface area (Å²) in [5.74, 6) is 0. The van der Waals surface area contributed by atoms with Crippen LogP contribution in [0.3, 0.4) is 0 Å². The van der Waals surface area contributed by atoms with Gasteiger partial charge in [-0.05, 0) is 97.9 Å². The smallest absolute Gasteiger partial charge is 0.136 e. The summed E-state index contributed by atoms with van der Waals surface area (Å²) in [6.07, 6.45) is 0. The van der Waals surface area contributed by atoms with Gasteiger partial charge in [-0.2, -0.15) is 0 Å². The minimum atomic E-state index is -0.0603. The van der Waals surface area contributed by atoms with Gasteiger partial charge >= 0.3 is 0 Å². The second-order valence-corrected chi connectivity index (χ2v) is 13.8. The normalized spacial score (nSPS) is 13.3. The number of furan rings is 1. The van der Waals surface area contributed by atoms with Gasteiger partial charge in [0, 0.05) is 33.1 Å². The van der Waals surface area contributed by atoms with Gasteiger partial charge in [0.2, 0.25) is 0 Å². The van der Waals surface area contributed by atoms with Gasteiger partial charge in [0.15, 0.2) is 0 Å². The lowest BCUT2D eigenvalue weighted by atomic mass is 9.82. The van der Waals surface area contributed by atoms with Gasteiger partial charge in [-0.1, -0.05) is 129 Å². The highest BCUT2D eigenvalue weighted by molar-refractivity contribution is 6.19. The summed E-state index contributed by atoms with van der Waals surface area (Å²) in [5.41, 5.74) is 12.9. The zero-order valence-corrected chi connectivity index (χ0v) is 27.4. The first-order valence-corrected chi connectivity index (χ1v) is 17.0. The maximum Gasteiger partial charge on any atom is 0.136 e. The summed E-state index contributed by atoms with van der Waals surface area (Å²) in [4.78, 5) is 2.44. The van der Waals surface area contributed by atoms with Crippen molar-refractivity contribution in [3.8, 4) is 22.3 Å². The molecule has 0 spiro atoms. The van der Waals surface area contributed by atoms with Gasteiger partial charge in [-0.15, -0.1) is 0 Å². The van der Waals surface area contributed by atoms with Gasteiger partial charge in [0.05, 0.1) is 5.69 Å². The third-order valence-corrected chi connectivity index (χ3v) is 10.6. The van der Waals surface area contributed by atoms with Crippen LogP contribution >= 0.6 is 0 Å². The molecule has 0 N–H and O–H groups in total. The van der Waals surface area contributed by atoms with E-state index in [0.717, 1.165) is 39.0 Å². The molecule has 10 rings (SSSR count). The third-order valence-electron chi connectivity index (χ3n) is 10.6. The average Bonchev–Trinajstić information content (AvgIpc) is 3.64. The van der Waals surface area contributed by atoms with Crippen LogP contribution in [0, 0.1) is 0 Å². The van der Waals surface area contributed by atoms with E-state index in [9.17, 15) is 0 Å². The Balaban J connectivity index is 1.25. The monoisotopic (exact) mass is 627 g/mol. The van der Waals surface area contributed by atoms with Crippen LogP contribution in [0.5, 0.6) is 0 Å². The van der Waals surface area contributed by atoms with Crippen molar-refractivity contribution < 1.29 is 4.42 Å². The van der Waals surface area contributed by atoms with E-state index in [1.807, 2.05) is 6.07 Å². The zero-order chi connectivity index (χ0) is 32.7. The molecule has 0 amide bonds. The van der Waals surface area contributed by atoms with Crippen LogP contribution in [0.2, 0.25) is 0 Å². The van der Waals surface area contributed by atoms with E-state index in [1.54, 1.807) is 0 Å². The van der Waals surface area contributed by atoms with Crippen LogP contribution in [-0.2, 0) is 5.41 Å². The molecule has 1 aliphatic rings. The molecule has 1 aromatic heterocycles. The van der Waals surface area contributed by atoms with Crippen molar-refractivity contribution in [1.82, 2.24) is 0 Å². The van der Waals surface area contributed by atoms with Crippen molar-refractivity contribution in [3.63, 3.8) is 0 Å². The number of rotatable bonds is 4. The summed E-state index contributed by atoms with van der Waals surface area (Å²) in [7, 11) is 0. The van der Waals surface area contributed by atoms with E-state index >= 15 is 0 Å². The van der Waals surface area contributed by atoms with Crippen molar-refractivity contribution in [2.75, 3.05) is 4.90 Å². The molecule has 0 saturated carbocycles. The Hall–Kier alpha value is -6.12. The number of hydrogen-bond acceptors (Lipinski definition) is 2. The van der Waals surface area contributed by atoms with Crippen LogP contribution in [0.1, 0.15) is 25.0 Å². The zero-order valence-electron chi connectivity index (χ0n) is 27.4. The number of hydrogen-bond donors (Lipinski definition) is 0. The fourth-order valence-corrected chi connectivity index (χ4v) is 8.21. The van der Waals surface area contributed by atoms with Crippen molar-refractivity contribution >= 4 is 60.5 Å². The molecule has 1 heterocycles. The first kappa shape index (κ1) is 27.9. The SMILES string of the molecule is CC1(C)c2ccccc2-c2cc(N(c3ccc4ccc5oc6ccccc6c5c4c3)c3ccccc3-c3ccc4ccccc4c3)ccc21. The molecule has 2 nitrogen and oxygen atoms in total. The maximum atomic E-state index is 6.33. The molecule has 0 fully saturated rings. The maximum absolute atomic E-state index is 6.33. The van der Waals surface area contributed by atoms with E-state index in [1.165, 1.54) is 54.9 Å². The fourth-order valence-electron chi connectivity index (χ4n) is 8.21. The molecule has 1 aliphatic carbocycles. The Morgan fingerprint density at radius 1 is 0.449 bits per heavy atom. The molecule has 232 valence electrons. The number of fused-ring (bicyclic) bond motifs is 9. The van der Waals surface area contributed by atoms with E-state index in [0.29, 0.717) is 0 Å². The minimum absolute atomic E-state index is 0.0603. The molecule has 49 heavy (non-hydrogen) atoms. The highest BCUT2D eigenvalue weighted by Gasteiger charge is 2.35. The van der Waals surface area contributed by atoms with Gasteiger partial charge < -0.3 is 9.32 Å². The number of anilines is 3. The lowest BCUT2D eigenvalue weighted by molar-refractivity contribution is 0.660. The summed E-state index contributed by atoms with van der Waals surface area (Å²) in [5, 5.41) is 7.14. The van der Waals surface area contributed by atoms with Crippen molar-refractivity contribution in [2.24, 2.45) is 0 Å². The molecule has 0 aliphatic heterocycles. The van der Waals surface area contributed by atoms with Gasteiger partial charge in [-0.3, -0.25) is 0 Å². The largest absolute Gasteiger partial charge is 0.456 e. The van der Waals surface area contributed by atoms with E-state index in [-0.39, 0.29) is 5.41 Å². The van der Waals surface area contributed by atoms with Crippen LogP contribution in [0.15, 0.2) is 168 Å². The van der Waals surface area contributed by atoms with Crippen LogP contribution in [0.25, 0.3) is 65.7 Å². The first-order valence-electron chi connectivity index (χ1n) is 17.0. The Morgan fingerprint density at radius 3 is 2.04 bits per heavy atom. The molecule has 0 unspecified atom stereocenters. The molecule has 0 bridgehead atoms. The van der Waals surface area contributed by atoms with E-state index in [4.69, 9.17) is 4.42 Å². The van der Waals surface area contributed by atoms with Crippen molar-refractivity contribution in [3.05, 3.63) is 175 Å². The third kappa shape index (κ3) is 4.20. The van der Waals surface area contributed by atoms with Gasteiger partial charge in [0.1, 0.15) is 11.2 Å². The lowest BCUT2D eigenvalue weighted by Crippen LogP contribution is -2.15. The van der Waals surface area contributed by atoms with E-state index in [2.05, 4.69) is 176 Å². The molecule has 2 heteroatoms. The first-order chi connectivity index (χ1) is 24.0. The fraction of sp³-hybridized carbons (Fsp3) is 0.0638. The van der Waals surface area contributed by atoms with Crippen LogP contribution in [0.4, 0.5) is 17.1 Å². The van der Waals surface area contributed by atoms with Crippen LogP contribution in [-0.4, -0.2) is 0 Å². The summed E-state index contributed by atoms with van der Waals surface area (Å²) < 4.78 is 6.33. The Bertz CT molecular complexity index is 2770. The molecule has 8 aromatic carbocycles. The molecular formula is C47H33NO. The number of nitrogens with zero attached hydrogens (tertiary/aromatic N) is 1. The molecule has 0 radical (unpaired) electrons. The molecule has 9 aromatic rings. The highest BCUT2D eigenvalue weighted by atomic mass is 16.3. The second kappa shape index (κ2) is 10.4. The van der Waals surface area contributed by atoms with Gasteiger partial charge in [0.25, 0.3) is 0 Å². The lowest BCUT2D eigenvalue weighted by Gasteiger charge is -2.29. The van der Waals surface area contributed by atoms with Crippen LogP contribution < -0.4 is 4.90 Å². The van der Waals surface area contributed by atoms with Crippen molar-refractivity contribution in [2.45, 2.75) is 19.3 Å². The number of benzene rings is 8.